The van der Waals surface area contributed by atoms with Gasteiger partial charge in [0.05, 0.1) is 14.2 Å². The first-order chi connectivity index (χ1) is 26.1. The number of likely N-dealkylation sites (tertiary alicyclic amines) is 2. The van der Waals surface area contributed by atoms with Crippen LogP contribution < -0.4 is 40.2 Å². The second-order valence-electron chi connectivity index (χ2n) is 13.2. The SMILES string of the molecule is CNc1cc(C)nc(Nc2ccc(OC)c(OC[C@@H](O)CN3CCC3)c2)n1.CNc1cc(C)nc(Nc2ccc(OC)c(OC[C@H](O)CN3CCC3)c2)n1. The second kappa shape index (κ2) is 19.8. The maximum absolute atomic E-state index is 10.2. The third-order valence-electron chi connectivity index (χ3n) is 8.76. The van der Waals surface area contributed by atoms with Crippen LogP contribution in [0, 0.1) is 13.8 Å². The van der Waals surface area contributed by atoms with Gasteiger partial charge in [-0.2, -0.15) is 9.97 Å². The van der Waals surface area contributed by atoms with Crippen LogP contribution >= 0.6 is 0 Å². The first-order valence-electron chi connectivity index (χ1n) is 18.2. The number of hydrogen-bond donors (Lipinski definition) is 6. The van der Waals surface area contributed by atoms with Crippen LogP contribution in [0.3, 0.4) is 0 Å². The van der Waals surface area contributed by atoms with Gasteiger partial charge in [-0.25, -0.2) is 9.97 Å². The minimum Gasteiger partial charge on any atom is -0.493 e. The lowest BCUT2D eigenvalue weighted by atomic mass is 10.2. The van der Waals surface area contributed by atoms with Crippen LogP contribution in [0.15, 0.2) is 48.5 Å². The molecule has 2 aromatic carbocycles. The maximum Gasteiger partial charge on any atom is 0.229 e. The Bertz CT molecular complexity index is 1660. The van der Waals surface area contributed by atoms with Gasteiger partial charge < -0.3 is 60.2 Å². The number of aliphatic hydroxyl groups is 2. The zero-order chi connectivity index (χ0) is 38.5. The van der Waals surface area contributed by atoms with Gasteiger partial charge in [-0.1, -0.05) is 0 Å². The molecule has 4 aromatic rings. The number of ether oxygens (including phenoxy) is 4. The lowest BCUT2D eigenvalue weighted by molar-refractivity contribution is 0.0459. The fourth-order valence-corrected chi connectivity index (χ4v) is 5.70. The van der Waals surface area contributed by atoms with Gasteiger partial charge in [0.1, 0.15) is 37.1 Å². The van der Waals surface area contributed by atoms with E-state index < -0.39 is 12.2 Å². The van der Waals surface area contributed by atoms with Crippen molar-refractivity contribution in [3.8, 4) is 23.0 Å². The lowest BCUT2D eigenvalue weighted by Crippen LogP contribution is -2.43. The Morgan fingerprint density at radius 1 is 0.611 bits per heavy atom. The standard InChI is InChI=1S/2C19H27N5O3/c2*1-13-9-18(20-2)23-19(21-13)22-14-5-6-16(26-3)17(10-14)27-12-15(25)11-24-7-4-8-24/h2*5-6,9-10,15,25H,4,7-8,11-12H2,1-3H3,(H2,20,21,22,23)/t2*15-/m10/s1. The molecule has 16 nitrogen and oxygen atoms in total. The van der Waals surface area contributed by atoms with Crippen LogP contribution in [0.5, 0.6) is 23.0 Å². The van der Waals surface area contributed by atoms with Crippen molar-refractivity contribution in [3.05, 3.63) is 59.9 Å². The van der Waals surface area contributed by atoms with E-state index in [1.165, 1.54) is 12.8 Å². The van der Waals surface area contributed by atoms with Gasteiger partial charge in [-0.3, -0.25) is 0 Å². The molecule has 292 valence electrons. The first kappa shape index (κ1) is 40.0. The fourth-order valence-electron chi connectivity index (χ4n) is 5.70. The molecule has 16 heteroatoms. The van der Waals surface area contributed by atoms with Crippen LogP contribution in [0.2, 0.25) is 0 Å². The normalized spacial score (nSPS) is 15.0. The van der Waals surface area contributed by atoms with E-state index in [4.69, 9.17) is 18.9 Å². The van der Waals surface area contributed by atoms with E-state index in [1.54, 1.807) is 14.2 Å². The molecule has 2 atom stereocenters. The zero-order valence-electron chi connectivity index (χ0n) is 32.1. The number of benzene rings is 2. The third-order valence-corrected chi connectivity index (χ3v) is 8.76. The summed E-state index contributed by atoms with van der Waals surface area (Å²) >= 11 is 0. The Hall–Kier alpha value is -5.16. The van der Waals surface area contributed by atoms with Gasteiger partial charge in [-0.05, 0) is 77.1 Å². The molecule has 2 aromatic heterocycles. The molecular formula is C38H54N10O6. The molecular weight excluding hydrogens is 692 g/mol. The molecule has 2 saturated heterocycles. The molecule has 0 radical (unpaired) electrons. The van der Waals surface area contributed by atoms with E-state index in [1.807, 2.05) is 76.5 Å². The Balaban J connectivity index is 0.000000208. The van der Waals surface area contributed by atoms with Crippen molar-refractivity contribution in [1.82, 2.24) is 29.7 Å². The van der Waals surface area contributed by atoms with Crippen LogP contribution in [0.25, 0.3) is 0 Å². The topological polar surface area (TPSA) is 184 Å². The second-order valence-corrected chi connectivity index (χ2v) is 13.2. The van der Waals surface area contributed by atoms with Gasteiger partial charge in [0.15, 0.2) is 23.0 Å². The van der Waals surface area contributed by atoms with Gasteiger partial charge in [0, 0.05) is 74.2 Å². The number of aliphatic hydroxyl groups excluding tert-OH is 2. The van der Waals surface area contributed by atoms with Crippen molar-refractivity contribution in [1.29, 1.82) is 0 Å². The van der Waals surface area contributed by atoms with Gasteiger partial charge in [0.25, 0.3) is 0 Å². The largest absolute Gasteiger partial charge is 0.493 e. The number of β-amino-alcohol motifs (C(OH)–C–C–N with tert-alkyl or cyclic N) is 2. The molecule has 6 N–H and O–H groups in total. The molecule has 0 unspecified atom stereocenters. The van der Waals surface area contributed by atoms with Crippen LogP contribution in [0.1, 0.15) is 24.2 Å². The van der Waals surface area contributed by atoms with Crippen molar-refractivity contribution in [2.45, 2.75) is 38.9 Å². The highest BCUT2D eigenvalue weighted by atomic mass is 16.5. The Morgan fingerprint density at radius 3 is 1.35 bits per heavy atom. The number of hydrogen-bond acceptors (Lipinski definition) is 16. The van der Waals surface area contributed by atoms with E-state index in [9.17, 15) is 10.2 Å². The first-order valence-corrected chi connectivity index (χ1v) is 18.2. The van der Waals surface area contributed by atoms with Crippen LogP contribution in [-0.4, -0.2) is 133 Å². The quantitative estimate of drug-likeness (QED) is 0.0857. The number of aromatic nitrogens is 4. The van der Waals surface area contributed by atoms with Gasteiger partial charge >= 0.3 is 0 Å². The molecule has 0 saturated carbocycles. The minimum absolute atomic E-state index is 0.209. The summed E-state index contributed by atoms with van der Waals surface area (Å²) < 4.78 is 22.4. The van der Waals surface area contributed by atoms with Crippen LogP contribution in [0.4, 0.5) is 34.9 Å². The number of methoxy groups -OCH3 is 2. The monoisotopic (exact) mass is 746 g/mol. The molecule has 4 heterocycles. The summed E-state index contributed by atoms with van der Waals surface area (Å²) in [7, 11) is 6.82. The van der Waals surface area contributed by atoms with E-state index in [2.05, 4.69) is 51.0 Å². The van der Waals surface area contributed by atoms with Crippen molar-refractivity contribution in [2.24, 2.45) is 0 Å². The zero-order valence-corrected chi connectivity index (χ0v) is 32.1. The molecule has 2 aliphatic heterocycles. The molecule has 6 rings (SSSR count). The van der Waals surface area contributed by atoms with E-state index >= 15 is 0 Å². The summed E-state index contributed by atoms with van der Waals surface area (Å²) in [5.41, 5.74) is 3.26. The molecule has 2 fully saturated rings. The maximum atomic E-state index is 10.2. The summed E-state index contributed by atoms with van der Waals surface area (Å²) in [6.45, 7) is 9.69. The Morgan fingerprint density at radius 2 is 1.02 bits per heavy atom. The number of anilines is 6. The minimum atomic E-state index is -0.537. The third kappa shape index (κ3) is 11.9. The summed E-state index contributed by atoms with van der Waals surface area (Å²) in [6, 6.07) is 14.7. The highest BCUT2D eigenvalue weighted by Gasteiger charge is 2.20. The number of aryl methyl sites for hydroxylation is 2. The number of nitrogens with zero attached hydrogens (tertiary/aromatic N) is 6. The van der Waals surface area contributed by atoms with Gasteiger partial charge in [0.2, 0.25) is 11.9 Å². The molecule has 0 aliphatic carbocycles. The predicted octanol–water partition coefficient (Wildman–Crippen LogP) is 4.05. The smallest absolute Gasteiger partial charge is 0.229 e. The van der Waals surface area contributed by atoms with Crippen molar-refractivity contribution < 1.29 is 29.2 Å². The predicted molar refractivity (Wildman–Crippen MR) is 210 cm³/mol. The van der Waals surface area contributed by atoms with E-state index in [0.717, 1.165) is 60.6 Å². The Kier molecular flexibility index (Phi) is 14.7. The summed E-state index contributed by atoms with van der Waals surface area (Å²) in [5.74, 6) is 4.81. The van der Waals surface area contributed by atoms with Crippen LogP contribution in [-0.2, 0) is 0 Å². The number of rotatable bonds is 18. The fraction of sp³-hybridized carbons (Fsp3) is 0.474. The van der Waals surface area contributed by atoms with Gasteiger partial charge in [-0.15, -0.1) is 0 Å². The average Bonchev–Trinajstić information content (AvgIpc) is 3.12. The molecule has 0 amide bonds. The van der Waals surface area contributed by atoms with Crippen molar-refractivity contribution in [2.75, 3.05) is 102 Å². The highest BCUT2D eigenvalue weighted by molar-refractivity contribution is 5.62. The molecule has 0 spiro atoms. The van der Waals surface area contributed by atoms with E-state index in [-0.39, 0.29) is 13.2 Å². The number of nitrogens with one attached hydrogen (secondary N) is 4. The highest BCUT2D eigenvalue weighted by Crippen LogP contribution is 2.33. The summed E-state index contributed by atoms with van der Waals surface area (Å²) in [6.07, 6.45) is 1.33. The molecule has 0 bridgehead atoms. The van der Waals surface area contributed by atoms with Crippen molar-refractivity contribution >= 4 is 34.9 Å². The van der Waals surface area contributed by atoms with Crippen molar-refractivity contribution in [3.63, 3.8) is 0 Å². The lowest BCUT2D eigenvalue weighted by Gasteiger charge is -2.32. The summed E-state index contributed by atoms with van der Waals surface area (Å²) in [5, 5.41) is 32.7. The Labute approximate surface area is 317 Å². The molecule has 54 heavy (non-hydrogen) atoms. The average molecular weight is 747 g/mol. The summed E-state index contributed by atoms with van der Waals surface area (Å²) in [4.78, 5) is 22.0. The molecule has 2 aliphatic rings. The van der Waals surface area contributed by atoms with E-state index in [0.29, 0.717) is 48.0 Å².